The van der Waals surface area contributed by atoms with Crippen LogP contribution in [-0.2, 0) is 17.3 Å². The first kappa shape index (κ1) is 16.7. The lowest BCUT2D eigenvalue weighted by molar-refractivity contribution is 0.407. The Kier molecular flexibility index (Phi) is 3.61. The van der Waals surface area contributed by atoms with Crippen LogP contribution in [0.3, 0.4) is 0 Å². The van der Waals surface area contributed by atoms with Gasteiger partial charge in [-0.1, -0.05) is 34.6 Å². The Balaban J connectivity index is 1.66. The van der Waals surface area contributed by atoms with Gasteiger partial charge in [-0.3, -0.25) is 0 Å². The molecule has 4 aromatic rings. The molecular formula is C20H23N5O. The van der Waals surface area contributed by atoms with Gasteiger partial charge in [-0.2, -0.15) is 0 Å². The van der Waals surface area contributed by atoms with Crippen LogP contribution in [0.4, 0.5) is 0 Å². The van der Waals surface area contributed by atoms with E-state index in [0.717, 1.165) is 34.5 Å². The molecule has 26 heavy (non-hydrogen) atoms. The van der Waals surface area contributed by atoms with Crippen molar-refractivity contribution in [3.8, 4) is 0 Å². The summed E-state index contributed by atoms with van der Waals surface area (Å²) in [7, 11) is 0. The van der Waals surface area contributed by atoms with Gasteiger partial charge >= 0.3 is 0 Å². The molecule has 1 N–H and O–H groups in total. The summed E-state index contributed by atoms with van der Waals surface area (Å²) in [5, 5.41) is 0. The van der Waals surface area contributed by atoms with Crippen molar-refractivity contribution >= 4 is 22.4 Å². The third-order valence-corrected chi connectivity index (χ3v) is 4.49. The minimum atomic E-state index is -0.188. The van der Waals surface area contributed by atoms with E-state index in [1.165, 1.54) is 0 Å². The summed E-state index contributed by atoms with van der Waals surface area (Å²) in [6.45, 7) is 10.6. The standard InChI is InChI=1S/C20H23N5O/c1-19(2,3)18-24-14-9-12(11-22-16(14)26-18)10-20(4,5)17-23-13-7-6-8-21-15(13)25-17/h6-9,11H,10H2,1-5H3,(H,21,23,25). The topological polar surface area (TPSA) is 80.5 Å². The average molecular weight is 349 g/mol. The van der Waals surface area contributed by atoms with Gasteiger partial charge in [0, 0.05) is 23.2 Å². The first-order chi connectivity index (χ1) is 12.2. The number of imidazole rings is 1. The largest absolute Gasteiger partial charge is 0.422 e. The van der Waals surface area contributed by atoms with E-state index in [4.69, 9.17) is 4.42 Å². The molecule has 0 aliphatic carbocycles. The Labute approximate surface area is 152 Å². The molecule has 6 nitrogen and oxygen atoms in total. The van der Waals surface area contributed by atoms with Crippen molar-refractivity contribution in [3.05, 3.63) is 47.9 Å². The number of hydrogen-bond acceptors (Lipinski definition) is 5. The van der Waals surface area contributed by atoms with E-state index in [1.54, 1.807) is 6.20 Å². The number of oxazole rings is 1. The summed E-state index contributed by atoms with van der Waals surface area (Å²) < 4.78 is 5.79. The molecule has 0 unspecified atom stereocenters. The number of nitrogens with zero attached hydrogens (tertiary/aromatic N) is 4. The van der Waals surface area contributed by atoms with Gasteiger partial charge in [0.15, 0.2) is 5.65 Å². The normalized spacial score (nSPS) is 13.0. The molecule has 6 heteroatoms. The average Bonchev–Trinajstić information content (AvgIpc) is 3.18. The zero-order valence-electron chi connectivity index (χ0n) is 15.8. The van der Waals surface area contributed by atoms with Crippen molar-refractivity contribution < 1.29 is 4.42 Å². The molecule has 0 aromatic carbocycles. The summed E-state index contributed by atoms with van der Waals surface area (Å²) in [6.07, 6.45) is 4.41. The van der Waals surface area contributed by atoms with E-state index >= 15 is 0 Å². The van der Waals surface area contributed by atoms with E-state index < -0.39 is 0 Å². The number of pyridine rings is 2. The van der Waals surface area contributed by atoms with Crippen LogP contribution in [0.25, 0.3) is 22.4 Å². The van der Waals surface area contributed by atoms with Crippen LogP contribution < -0.4 is 0 Å². The highest BCUT2D eigenvalue weighted by molar-refractivity contribution is 5.70. The number of H-pyrrole nitrogens is 1. The lowest BCUT2D eigenvalue weighted by atomic mass is 9.85. The molecule has 0 spiro atoms. The van der Waals surface area contributed by atoms with Crippen LogP contribution >= 0.6 is 0 Å². The molecule has 4 heterocycles. The number of hydrogen-bond donors (Lipinski definition) is 1. The minimum Gasteiger partial charge on any atom is -0.422 e. The third-order valence-electron chi connectivity index (χ3n) is 4.49. The Morgan fingerprint density at radius 1 is 1.08 bits per heavy atom. The van der Waals surface area contributed by atoms with E-state index in [9.17, 15) is 0 Å². The van der Waals surface area contributed by atoms with Gasteiger partial charge < -0.3 is 9.40 Å². The van der Waals surface area contributed by atoms with Crippen LogP contribution in [0.5, 0.6) is 0 Å². The van der Waals surface area contributed by atoms with Gasteiger partial charge in [0.1, 0.15) is 11.3 Å². The molecule has 0 saturated carbocycles. The van der Waals surface area contributed by atoms with Gasteiger partial charge in [0.25, 0.3) is 0 Å². The van der Waals surface area contributed by atoms with Gasteiger partial charge in [0.05, 0.1) is 5.52 Å². The Morgan fingerprint density at radius 2 is 1.88 bits per heavy atom. The van der Waals surface area contributed by atoms with Gasteiger partial charge in [-0.25, -0.2) is 19.9 Å². The maximum absolute atomic E-state index is 5.79. The first-order valence-corrected chi connectivity index (χ1v) is 8.79. The predicted molar refractivity (Wildman–Crippen MR) is 101 cm³/mol. The number of nitrogens with one attached hydrogen (secondary N) is 1. The fourth-order valence-electron chi connectivity index (χ4n) is 3.04. The molecular weight excluding hydrogens is 326 g/mol. The summed E-state index contributed by atoms with van der Waals surface area (Å²) in [6, 6.07) is 5.96. The number of aromatic amines is 1. The maximum atomic E-state index is 5.79. The zero-order valence-corrected chi connectivity index (χ0v) is 15.8. The van der Waals surface area contributed by atoms with E-state index in [-0.39, 0.29) is 10.8 Å². The number of rotatable bonds is 3. The third kappa shape index (κ3) is 2.96. The van der Waals surface area contributed by atoms with Crippen molar-refractivity contribution in [2.45, 2.75) is 51.9 Å². The molecule has 0 radical (unpaired) electrons. The maximum Gasteiger partial charge on any atom is 0.246 e. The number of aromatic nitrogens is 5. The summed E-state index contributed by atoms with van der Waals surface area (Å²) in [4.78, 5) is 21.4. The lowest BCUT2D eigenvalue weighted by Gasteiger charge is -2.21. The molecule has 4 rings (SSSR count). The van der Waals surface area contributed by atoms with Crippen LogP contribution in [0.2, 0.25) is 0 Å². The highest BCUT2D eigenvalue weighted by atomic mass is 16.4. The predicted octanol–water partition coefficient (Wildman–Crippen LogP) is 4.31. The minimum absolute atomic E-state index is 0.137. The fraction of sp³-hybridized carbons (Fsp3) is 0.400. The van der Waals surface area contributed by atoms with Crippen molar-refractivity contribution in [2.75, 3.05) is 0 Å². The highest BCUT2D eigenvalue weighted by Crippen LogP contribution is 2.29. The molecule has 0 aliphatic heterocycles. The second kappa shape index (κ2) is 5.62. The zero-order chi connectivity index (χ0) is 18.5. The lowest BCUT2D eigenvalue weighted by Crippen LogP contribution is -2.22. The molecule has 134 valence electrons. The van der Waals surface area contributed by atoms with E-state index in [2.05, 4.69) is 65.6 Å². The monoisotopic (exact) mass is 349 g/mol. The van der Waals surface area contributed by atoms with Gasteiger partial charge in [0.2, 0.25) is 11.6 Å². The van der Waals surface area contributed by atoms with Crippen LogP contribution in [-0.4, -0.2) is 24.9 Å². The highest BCUT2D eigenvalue weighted by Gasteiger charge is 2.26. The Morgan fingerprint density at radius 3 is 2.62 bits per heavy atom. The smallest absolute Gasteiger partial charge is 0.246 e. The van der Waals surface area contributed by atoms with Crippen molar-refractivity contribution in [2.24, 2.45) is 0 Å². The van der Waals surface area contributed by atoms with E-state index in [1.807, 2.05) is 18.3 Å². The molecule has 0 atom stereocenters. The second-order valence-electron chi connectivity index (χ2n) is 8.46. The molecule has 0 amide bonds. The van der Waals surface area contributed by atoms with Gasteiger partial charge in [-0.15, -0.1) is 0 Å². The summed E-state index contributed by atoms with van der Waals surface area (Å²) in [5.41, 5.74) is 3.86. The van der Waals surface area contributed by atoms with Crippen molar-refractivity contribution in [3.63, 3.8) is 0 Å². The molecule has 0 bridgehead atoms. The molecule has 0 fully saturated rings. The summed E-state index contributed by atoms with van der Waals surface area (Å²) in [5.74, 6) is 1.63. The first-order valence-electron chi connectivity index (χ1n) is 8.79. The summed E-state index contributed by atoms with van der Waals surface area (Å²) >= 11 is 0. The molecule has 0 aliphatic rings. The van der Waals surface area contributed by atoms with Gasteiger partial charge in [-0.05, 0) is 30.2 Å². The number of fused-ring (bicyclic) bond motifs is 2. The van der Waals surface area contributed by atoms with Crippen molar-refractivity contribution in [1.29, 1.82) is 0 Å². The fourth-order valence-corrected chi connectivity index (χ4v) is 3.04. The van der Waals surface area contributed by atoms with Crippen LogP contribution in [0.15, 0.2) is 35.0 Å². The molecule has 4 aromatic heterocycles. The molecule has 0 saturated heterocycles. The van der Waals surface area contributed by atoms with Crippen LogP contribution in [0.1, 0.15) is 51.9 Å². The second-order valence-corrected chi connectivity index (χ2v) is 8.46. The van der Waals surface area contributed by atoms with E-state index in [0.29, 0.717) is 11.6 Å². The Bertz CT molecular complexity index is 1050. The van der Waals surface area contributed by atoms with Crippen molar-refractivity contribution in [1.82, 2.24) is 24.9 Å². The quantitative estimate of drug-likeness (QED) is 0.596. The SMILES string of the molecule is CC(C)(C)c1nc2cc(CC(C)(C)c3nc4ncccc4[nH]3)cnc2o1. The van der Waals surface area contributed by atoms with Crippen LogP contribution in [0, 0.1) is 0 Å². The Hall–Kier alpha value is -2.76.